The second kappa shape index (κ2) is 6.20. The molecule has 3 rings (SSSR count). The molecule has 1 aliphatic heterocycles. The number of hydrogen-bond acceptors (Lipinski definition) is 4. The van der Waals surface area contributed by atoms with Crippen LogP contribution in [0.2, 0.25) is 0 Å². The molecule has 0 bridgehead atoms. The number of aromatic nitrogens is 1. The van der Waals surface area contributed by atoms with Crippen LogP contribution < -0.4 is 5.32 Å². The summed E-state index contributed by atoms with van der Waals surface area (Å²) in [4.78, 5) is 7.09. The van der Waals surface area contributed by atoms with E-state index in [0.717, 1.165) is 12.1 Å². The van der Waals surface area contributed by atoms with E-state index in [0.29, 0.717) is 12.1 Å². The highest BCUT2D eigenvalue weighted by atomic mass is 32.1. The van der Waals surface area contributed by atoms with Crippen molar-refractivity contribution in [1.29, 1.82) is 0 Å². The molecule has 1 aliphatic rings. The molecule has 2 atom stereocenters. The van der Waals surface area contributed by atoms with Crippen LogP contribution >= 0.6 is 11.3 Å². The van der Waals surface area contributed by atoms with Gasteiger partial charge in [0.25, 0.3) is 0 Å². The van der Waals surface area contributed by atoms with Crippen LogP contribution in [0, 0.1) is 0 Å². The van der Waals surface area contributed by atoms with E-state index in [9.17, 15) is 0 Å². The van der Waals surface area contributed by atoms with Crippen LogP contribution in [0.5, 0.6) is 0 Å². The maximum absolute atomic E-state index is 4.53. The Kier molecular flexibility index (Phi) is 4.34. The van der Waals surface area contributed by atoms with Gasteiger partial charge in [-0.2, -0.15) is 0 Å². The minimum absolute atomic E-state index is 0.353. The predicted molar refractivity (Wildman–Crippen MR) is 86.3 cm³/mol. The second-order valence-corrected chi connectivity index (χ2v) is 6.82. The Balaban J connectivity index is 1.60. The molecule has 2 aromatic heterocycles. The summed E-state index contributed by atoms with van der Waals surface area (Å²) in [6, 6.07) is 5.22. The molecule has 0 aromatic carbocycles. The van der Waals surface area contributed by atoms with Crippen molar-refractivity contribution in [2.75, 3.05) is 19.6 Å². The summed E-state index contributed by atoms with van der Waals surface area (Å²) < 4.78 is 1.28. The summed E-state index contributed by atoms with van der Waals surface area (Å²) in [6.45, 7) is 8.20. The van der Waals surface area contributed by atoms with Crippen molar-refractivity contribution < 1.29 is 0 Å². The molecule has 3 heterocycles. The van der Waals surface area contributed by atoms with Gasteiger partial charge in [0.05, 0.1) is 10.2 Å². The lowest BCUT2D eigenvalue weighted by Gasteiger charge is -2.24. The fraction of sp³-hybridized carbons (Fsp3) is 0.562. The molecule has 108 valence electrons. The Morgan fingerprint density at radius 2 is 2.15 bits per heavy atom. The molecule has 2 unspecified atom stereocenters. The number of thiophene rings is 1. The van der Waals surface area contributed by atoms with Crippen LogP contribution in [-0.4, -0.2) is 35.6 Å². The van der Waals surface area contributed by atoms with Crippen molar-refractivity contribution in [3.63, 3.8) is 0 Å². The molecule has 0 radical (unpaired) electrons. The van der Waals surface area contributed by atoms with Crippen LogP contribution in [0.1, 0.15) is 38.3 Å². The van der Waals surface area contributed by atoms with E-state index in [2.05, 4.69) is 46.6 Å². The standard InChI is InChI=1S/C16H23N3S/c1-12(11-19-6-3-4-7-19)18-13(2)14-9-16-15(17-10-14)5-8-20-16/h5,8-10,12-13,18H,3-4,6-7,11H2,1-2H3. The van der Waals surface area contributed by atoms with Gasteiger partial charge < -0.3 is 10.2 Å². The van der Waals surface area contributed by atoms with E-state index in [4.69, 9.17) is 0 Å². The monoisotopic (exact) mass is 289 g/mol. The predicted octanol–water partition coefficient (Wildman–Crippen LogP) is 3.43. The molecule has 0 amide bonds. The quantitative estimate of drug-likeness (QED) is 0.914. The minimum atomic E-state index is 0.353. The summed E-state index contributed by atoms with van der Waals surface area (Å²) in [5.41, 5.74) is 2.39. The van der Waals surface area contributed by atoms with Crippen LogP contribution in [-0.2, 0) is 0 Å². The van der Waals surface area contributed by atoms with Gasteiger partial charge in [-0.05, 0) is 62.9 Å². The molecule has 4 heteroatoms. The smallest absolute Gasteiger partial charge is 0.0809 e. The molecule has 2 aromatic rings. The van der Waals surface area contributed by atoms with E-state index in [-0.39, 0.29) is 0 Å². The van der Waals surface area contributed by atoms with E-state index in [1.165, 1.54) is 36.2 Å². The number of nitrogens with zero attached hydrogens (tertiary/aromatic N) is 2. The average Bonchev–Trinajstić information content (AvgIpc) is 3.07. The molecule has 20 heavy (non-hydrogen) atoms. The van der Waals surface area contributed by atoms with E-state index in [1.54, 1.807) is 11.3 Å². The number of hydrogen-bond donors (Lipinski definition) is 1. The summed E-state index contributed by atoms with van der Waals surface area (Å²) in [5, 5.41) is 5.81. The normalized spacial score (nSPS) is 19.5. The first-order valence-corrected chi connectivity index (χ1v) is 8.42. The van der Waals surface area contributed by atoms with Crippen molar-refractivity contribution in [2.24, 2.45) is 0 Å². The Bertz CT molecular complexity index is 560. The van der Waals surface area contributed by atoms with E-state index in [1.807, 2.05) is 6.20 Å². The number of fused-ring (bicyclic) bond motifs is 1. The van der Waals surface area contributed by atoms with Gasteiger partial charge in [0, 0.05) is 24.8 Å². The summed E-state index contributed by atoms with van der Waals surface area (Å²) in [5.74, 6) is 0. The van der Waals surface area contributed by atoms with Crippen LogP contribution in [0.25, 0.3) is 10.2 Å². The highest BCUT2D eigenvalue weighted by Gasteiger charge is 2.16. The number of nitrogens with one attached hydrogen (secondary N) is 1. The third-order valence-corrected chi connectivity index (χ3v) is 4.94. The highest BCUT2D eigenvalue weighted by molar-refractivity contribution is 7.17. The van der Waals surface area contributed by atoms with E-state index < -0.39 is 0 Å². The summed E-state index contributed by atoms with van der Waals surface area (Å²) in [7, 11) is 0. The molecule has 3 nitrogen and oxygen atoms in total. The first-order chi connectivity index (χ1) is 9.72. The molecule has 0 spiro atoms. The van der Waals surface area contributed by atoms with Crippen molar-refractivity contribution in [3.8, 4) is 0 Å². The average molecular weight is 289 g/mol. The third kappa shape index (κ3) is 3.19. The van der Waals surface area contributed by atoms with Crippen LogP contribution in [0.3, 0.4) is 0 Å². The minimum Gasteiger partial charge on any atom is -0.306 e. The number of rotatable bonds is 5. The molecule has 1 fully saturated rings. The van der Waals surface area contributed by atoms with Gasteiger partial charge in [0.1, 0.15) is 0 Å². The molecule has 0 saturated carbocycles. The topological polar surface area (TPSA) is 28.2 Å². The van der Waals surface area contributed by atoms with Gasteiger partial charge in [-0.1, -0.05) is 0 Å². The van der Waals surface area contributed by atoms with Crippen LogP contribution in [0.15, 0.2) is 23.7 Å². The van der Waals surface area contributed by atoms with Crippen molar-refractivity contribution in [2.45, 2.75) is 38.8 Å². The van der Waals surface area contributed by atoms with Gasteiger partial charge in [-0.25, -0.2) is 0 Å². The van der Waals surface area contributed by atoms with Gasteiger partial charge in [0.2, 0.25) is 0 Å². The fourth-order valence-electron chi connectivity index (χ4n) is 3.03. The fourth-order valence-corrected chi connectivity index (χ4v) is 3.82. The molecular weight excluding hydrogens is 266 g/mol. The Labute approximate surface area is 125 Å². The zero-order valence-electron chi connectivity index (χ0n) is 12.3. The maximum Gasteiger partial charge on any atom is 0.0809 e. The largest absolute Gasteiger partial charge is 0.306 e. The number of likely N-dealkylation sites (tertiary alicyclic amines) is 1. The first kappa shape index (κ1) is 14.0. The highest BCUT2D eigenvalue weighted by Crippen LogP contribution is 2.23. The summed E-state index contributed by atoms with van der Waals surface area (Å²) in [6.07, 6.45) is 4.73. The zero-order valence-corrected chi connectivity index (χ0v) is 13.1. The number of pyridine rings is 1. The van der Waals surface area contributed by atoms with Crippen molar-refractivity contribution >= 4 is 21.6 Å². The lowest BCUT2D eigenvalue weighted by Crippen LogP contribution is -2.39. The Morgan fingerprint density at radius 3 is 2.95 bits per heavy atom. The van der Waals surface area contributed by atoms with Crippen molar-refractivity contribution in [1.82, 2.24) is 15.2 Å². The molecular formula is C16H23N3S. The van der Waals surface area contributed by atoms with Gasteiger partial charge in [-0.3, -0.25) is 4.98 Å². The van der Waals surface area contributed by atoms with Crippen molar-refractivity contribution in [3.05, 3.63) is 29.3 Å². The van der Waals surface area contributed by atoms with E-state index >= 15 is 0 Å². The van der Waals surface area contributed by atoms with Gasteiger partial charge >= 0.3 is 0 Å². The maximum atomic E-state index is 4.53. The molecule has 0 aliphatic carbocycles. The Hall–Kier alpha value is -0.970. The molecule has 1 N–H and O–H groups in total. The summed E-state index contributed by atoms with van der Waals surface area (Å²) >= 11 is 1.77. The Morgan fingerprint density at radius 1 is 1.35 bits per heavy atom. The zero-order chi connectivity index (χ0) is 13.9. The van der Waals surface area contributed by atoms with Gasteiger partial charge in [-0.15, -0.1) is 11.3 Å². The van der Waals surface area contributed by atoms with Crippen LogP contribution in [0.4, 0.5) is 0 Å². The lowest BCUT2D eigenvalue weighted by molar-refractivity contribution is 0.289. The lowest BCUT2D eigenvalue weighted by atomic mass is 10.1. The third-order valence-electron chi connectivity index (χ3n) is 4.09. The molecule has 1 saturated heterocycles. The second-order valence-electron chi connectivity index (χ2n) is 5.87. The SMILES string of the molecule is CC(CN1CCCC1)NC(C)c1cnc2ccsc2c1. The van der Waals surface area contributed by atoms with Gasteiger partial charge in [0.15, 0.2) is 0 Å². The first-order valence-electron chi connectivity index (χ1n) is 7.54.